The molecule has 2 aromatic rings. The molecular formula is C28H41Cl2N3O3. The zero-order valence-electron chi connectivity index (χ0n) is 22.0. The van der Waals surface area contributed by atoms with Gasteiger partial charge >= 0.3 is 0 Å². The summed E-state index contributed by atoms with van der Waals surface area (Å²) in [4.78, 5) is 7.41. The second kappa shape index (κ2) is 15.7. The number of halogens is 2. The highest BCUT2D eigenvalue weighted by molar-refractivity contribution is 6.31. The van der Waals surface area contributed by atoms with Gasteiger partial charge < -0.3 is 19.1 Å². The van der Waals surface area contributed by atoms with E-state index >= 15 is 0 Å². The summed E-state index contributed by atoms with van der Waals surface area (Å²) in [6, 6.07) is 11.7. The Balaban J connectivity index is 1.75. The Morgan fingerprint density at radius 3 is 1.44 bits per heavy atom. The third-order valence-electron chi connectivity index (χ3n) is 6.61. The number of hydrogen-bond acceptors (Lipinski definition) is 6. The number of likely N-dealkylation sites (N-methyl/N-ethyl adjacent to an activating group) is 3. The molecule has 1 aliphatic heterocycles. The van der Waals surface area contributed by atoms with Crippen molar-refractivity contribution in [3.8, 4) is 11.5 Å². The van der Waals surface area contributed by atoms with Gasteiger partial charge in [-0.15, -0.1) is 0 Å². The molecule has 200 valence electrons. The van der Waals surface area contributed by atoms with Crippen molar-refractivity contribution in [2.24, 2.45) is 0 Å². The molecule has 1 aliphatic rings. The third kappa shape index (κ3) is 9.40. The number of rotatable bonds is 3. The van der Waals surface area contributed by atoms with Crippen LogP contribution in [0.1, 0.15) is 31.9 Å². The largest absolute Gasteiger partial charge is 0.491 e. The van der Waals surface area contributed by atoms with Crippen molar-refractivity contribution >= 4 is 23.2 Å². The lowest BCUT2D eigenvalue weighted by atomic mass is 10.2. The highest BCUT2D eigenvalue weighted by atomic mass is 35.5. The van der Waals surface area contributed by atoms with E-state index < -0.39 is 0 Å². The second-order valence-corrected chi connectivity index (χ2v) is 9.86. The average Bonchev–Trinajstić information content (AvgIpc) is 2.88. The molecule has 0 saturated heterocycles. The van der Waals surface area contributed by atoms with Crippen LogP contribution in [0, 0.1) is 0 Å². The molecule has 6 nitrogen and oxygen atoms in total. The van der Waals surface area contributed by atoms with E-state index in [2.05, 4.69) is 35.5 Å². The minimum absolute atomic E-state index is 0.474. The fraction of sp³-hybridized carbons (Fsp3) is 0.571. The maximum atomic E-state index is 6.33. The number of nitrogens with zero attached hydrogens (tertiary/aromatic N) is 3. The van der Waals surface area contributed by atoms with E-state index in [1.54, 1.807) is 0 Å². The number of fused-ring (bicyclic) bond motifs is 2. The number of hydrogen-bond donors (Lipinski definition) is 0. The van der Waals surface area contributed by atoms with Crippen LogP contribution < -0.4 is 9.47 Å². The predicted molar refractivity (Wildman–Crippen MR) is 149 cm³/mol. The fourth-order valence-corrected chi connectivity index (χ4v) is 4.71. The van der Waals surface area contributed by atoms with Crippen molar-refractivity contribution < 1.29 is 14.2 Å². The monoisotopic (exact) mass is 537 g/mol. The summed E-state index contributed by atoms with van der Waals surface area (Å²) >= 11 is 12.7. The molecule has 0 N–H and O–H groups in total. The Hall–Kier alpha value is -1.54. The van der Waals surface area contributed by atoms with E-state index in [1.165, 1.54) is 0 Å². The van der Waals surface area contributed by atoms with Crippen molar-refractivity contribution in [3.05, 3.63) is 57.6 Å². The van der Waals surface area contributed by atoms with E-state index in [0.29, 0.717) is 26.4 Å². The van der Waals surface area contributed by atoms with Gasteiger partial charge in [-0.1, -0.05) is 44.0 Å². The number of ether oxygens (including phenoxy) is 3. The highest BCUT2D eigenvalue weighted by Gasteiger charge is 2.15. The maximum Gasteiger partial charge on any atom is 0.124 e. The molecule has 0 unspecified atom stereocenters. The van der Waals surface area contributed by atoms with Gasteiger partial charge in [0.25, 0.3) is 0 Å². The van der Waals surface area contributed by atoms with Gasteiger partial charge in [0.15, 0.2) is 0 Å². The first-order valence-electron chi connectivity index (χ1n) is 13.1. The Bertz CT molecular complexity index is 859. The first-order chi connectivity index (χ1) is 17.5. The van der Waals surface area contributed by atoms with Crippen LogP contribution >= 0.6 is 23.2 Å². The molecule has 8 heteroatoms. The van der Waals surface area contributed by atoms with Crippen molar-refractivity contribution in [1.82, 2.24) is 14.7 Å². The summed E-state index contributed by atoms with van der Waals surface area (Å²) in [6.07, 6.45) is 0. The van der Waals surface area contributed by atoms with Crippen molar-refractivity contribution in [1.29, 1.82) is 0 Å². The number of benzene rings is 2. The van der Waals surface area contributed by atoms with Crippen LogP contribution in [0.3, 0.4) is 0 Å². The summed E-state index contributed by atoms with van der Waals surface area (Å²) in [5.41, 5.74) is 2.22. The summed E-state index contributed by atoms with van der Waals surface area (Å²) in [7, 11) is 0. The van der Waals surface area contributed by atoms with Crippen LogP contribution in [0.15, 0.2) is 36.4 Å². The molecule has 0 saturated carbocycles. The third-order valence-corrected chi connectivity index (χ3v) is 7.08. The topological polar surface area (TPSA) is 37.4 Å². The van der Waals surface area contributed by atoms with Gasteiger partial charge in [0, 0.05) is 60.4 Å². The SMILES string of the molecule is CCN1CCN(CC)Cc2cc(Cl)ccc2OCCOCCOc2ccc(Cl)cc2CN(CC)CC1. The molecule has 1 heterocycles. The summed E-state index contributed by atoms with van der Waals surface area (Å²) in [5.74, 6) is 1.73. The summed E-state index contributed by atoms with van der Waals surface area (Å²) in [6.45, 7) is 17.1. The molecule has 0 spiro atoms. The van der Waals surface area contributed by atoms with Gasteiger partial charge in [-0.3, -0.25) is 9.80 Å². The second-order valence-electron chi connectivity index (χ2n) is 8.99. The molecular weight excluding hydrogens is 497 g/mol. The Morgan fingerprint density at radius 2 is 1.03 bits per heavy atom. The summed E-state index contributed by atoms with van der Waals surface area (Å²) < 4.78 is 17.9. The van der Waals surface area contributed by atoms with Crippen molar-refractivity contribution in [2.75, 3.05) is 72.2 Å². The average molecular weight is 539 g/mol. The lowest BCUT2D eigenvalue weighted by Crippen LogP contribution is -2.39. The predicted octanol–water partition coefficient (Wildman–Crippen LogP) is 5.45. The quantitative estimate of drug-likeness (QED) is 0.518. The summed E-state index contributed by atoms with van der Waals surface area (Å²) in [5, 5.41) is 1.46. The minimum atomic E-state index is 0.474. The van der Waals surface area contributed by atoms with E-state index in [-0.39, 0.29) is 0 Å². The van der Waals surface area contributed by atoms with Crippen molar-refractivity contribution in [3.63, 3.8) is 0 Å². The molecule has 0 atom stereocenters. The van der Waals surface area contributed by atoms with Gasteiger partial charge in [-0.05, 0) is 56.0 Å². The standard InChI is InChI=1S/C28H41Cl2N3O3/c1-4-31-11-13-32(5-2)21-23-19-25(29)7-9-27(23)35-17-15-34-16-18-36-28-10-8-26(30)20-24(28)22-33(6-3)14-12-31/h7-10,19-20H,4-6,11-18,21-22H2,1-3H3. The van der Waals surface area contributed by atoms with E-state index in [0.717, 1.165) is 91.6 Å². The smallest absolute Gasteiger partial charge is 0.124 e. The van der Waals surface area contributed by atoms with E-state index in [9.17, 15) is 0 Å². The zero-order chi connectivity index (χ0) is 25.8. The molecule has 0 fully saturated rings. The Morgan fingerprint density at radius 1 is 0.611 bits per heavy atom. The van der Waals surface area contributed by atoms with Crippen LogP contribution in [0.2, 0.25) is 10.0 Å². The van der Waals surface area contributed by atoms with Gasteiger partial charge in [0.2, 0.25) is 0 Å². The molecule has 36 heavy (non-hydrogen) atoms. The first-order valence-corrected chi connectivity index (χ1v) is 13.8. The van der Waals surface area contributed by atoms with Gasteiger partial charge in [0.1, 0.15) is 24.7 Å². The van der Waals surface area contributed by atoms with Crippen LogP contribution in [0.5, 0.6) is 11.5 Å². The molecule has 2 aromatic carbocycles. The Labute approximate surface area is 227 Å². The maximum absolute atomic E-state index is 6.33. The van der Waals surface area contributed by atoms with Crippen molar-refractivity contribution in [2.45, 2.75) is 33.9 Å². The van der Waals surface area contributed by atoms with Crippen LogP contribution in [0.4, 0.5) is 0 Å². The Kier molecular flexibility index (Phi) is 12.6. The lowest BCUT2D eigenvalue weighted by molar-refractivity contribution is 0.0753. The zero-order valence-corrected chi connectivity index (χ0v) is 23.5. The van der Waals surface area contributed by atoms with Gasteiger partial charge in [-0.2, -0.15) is 0 Å². The molecule has 0 aliphatic carbocycles. The van der Waals surface area contributed by atoms with Gasteiger partial charge in [-0.25, -0.2) is 0 Å². The van der Waals surface area contributed by atoms with E-state index in [1.807, 2.05) is 36.4 Å². The van der Waals surface area contributed by atoms with Crippen LogP contribution in [0.25, 0.3) is 0 Å². The molecule has 0 aromatic heterocycles. The highest BCUT2D eigenvalue weighted by Crippen LogP contribution is 2.26. The minimum Gasteiger partial charge on any atom is -0.491 e. The fourth-order valence-electron chi connectivity index (χ4n) is 4.32. The molecule has 3 rings (SSSR count). The lowest BCUT2D eigenvalue weighted by Gasteiger charge is -2.29. The normalized spacial score (nSPS) is 18.5. The van der Waals surface area contributed by atoms with Crippen LogP contribution in [-0.2, 0) is 17.8 Å². The first kappa shape index (κ1) is 29.0. The molecule has 0 bridgehead atoms. The molecule has 0 amide bonds. The molecule has 0 radical (unpaired) electrons. The van der Waals surface area contributed by atoms with Crippen LogP contribution in [-0.4, -0.2) is 86.9 Å². The van der Waals surface area contributed by atoms with E-state index in [4.69, 9.17) is 37.4 Å². The van der Waals surface area contributed by atoms with Gasteiger partial charge in [0.05, 0.1) is 13.2 Å².